The fourth-order valence-electron chi connectivity index (χ4n) is 3.35. The average Bonchev–Trinajstić information content (AvgIpc) is 3.24. The van der Waals surface area contributed by atoms with Crippen molar-refractivity contribution in [3.8, 4) is 10.6 Å². The minimum atomic E-state index is -3.51. The Morgan fingerprint density at radius 3 is 2.38 bits per heavy atom. The van der Waals surface area contributed by atoms with E-state index in [-0.39, 0.29) is 19.0 Å². The van der Waals surface area contributed by atoms with E-state index in [1.165, 1.54) is 19.9 Å². The first-order valence-corrected chi connectivity index (χ1v) is 11.9. The molecule has 0 bridgehead atoms. The summed E-state index contributed by atoms with van der Waals surface area (Å²) in [5, 5.41) is 1.27. The number of aromatic nitrogens is 1. The van der Waals surface area contributed by atoms with Gasteiger partial charge in [-0.2, -0.15) is 17.0 Å². The average molecular weight is 457 g/mol. The van der Waals surface area contributed by atoms with Crippen molar-refractivity contribution < 1.29 is 17.9 Å². The Hall–Kier alpha value is -1.56. The van der Waals surface area contributed by atoms with E-state index >= 15 is 0 Å². The molecule has 156 valence electrons. The molecule has 2 aliphatic rings. The zero-order chi connectivity index (χ0) is 20.4. The molecule has 0 spiro atoms. The Morgan fingerprint density at radius 2 is 1.69 bits per heavy atom. The van der Waals surface area contributed by atoms with Crippen LogP contribution in [-0.4, -0.2) is 85.3 Å². The van der Waals surface area contributed by atoms with Crippen LogP contribution >= 0.6 is 22.9 Å². The molecule has 2 fully saturated rings. The number of piperazine rings is 1. The van der Waals surface area contributed by atoms with Crippen molar-refractivity contribution in [1.29, 1.82) is 0 Å². The van der Waals surface area contributed by atoms with Crippen molar-refractivity contribution in [2.24, 2.45) is 0 Å². The van der Waals surface area contributed by atoms with Crippen LogP contribution in [0.15, 0.2) is 30.5 Å². The lowest BCUT2D eigenvalue weighted by Crippen LogP contribution is -2.55. The van der Waals surface area contributed by atoms with Gasteiger partial charge in [0.2, 0.25) is 0 Å². The number of carbonyl (C=O) groups excluding carboxylic acids is 1. The van der Waals surface area contributed by atoms with Gasteiger partial charge in [-0.15, -0.1) is 11.3 Å². The summed E-state index contributed by atoms with van der Waals surface area (Å²) >= 11 is 7.51. The smallest absolute Gasteiger partial charge is 0.282 e. The van der Waals surface area contributed by atoms with E-state index in [1.807, 2.05) is 18.2 Å². The lowest BCUT2D eigenvalue weighted by molar-refractivity contribution is 0.0639. The number of rotatable bonds is 4. The SMILES string of the molecule is O=C(c1cnc(-c2ccccc2Cl)s1)N1CCN(S(=O)(=O)N2CCOCC2)CC1. The zero-order valence-electron chi connectivity index (χ0n) is 15.7. The van der Waals surface area contributed by atoms with E-state index in [0.29, 0.717) is 54.3 Å². The third kappa shape index (κ3) is 4.32. The molecule has 11 heteroatoms. The van der Waals surface area contributed by atoms with Crippen LogP contribution in [0.3, 0.4) is 0 Å². The van der Waals surface area contributed by atoms with Crippen LogP contribution in [0.5, 0.6) is 0 Å². The van der Waals surface area contributed by atoms with Crippen molar-refractivity contribution in [3.05, 3.63) is 40.4 Å². The molecule has 2 saturated heterocycles. The minimum absolute atomic E-state index is 0.135. The van der Waals surface area contributed by atoms with Gasteiger partial charge in [-0.25, -0.2) is 4.98 Å². The summed E-state index contributed by atoms with van der Waals surface area (Å²) in [4.78, 5) is 19.4. The predicted octanol–water partition coefficient (Wildman–Crippen LogP) is 1.80. The van der Waals surface area contributed by atoms with E-state index in [1.54, 1.807) is 17.2 Å². The van der Waals surface area contributed by atoms with Gasteiger partial charge in [0.05, 0.1) is 24.4 Å². The van der Waals surface area contributed by atoms with Gasteiger partial charge in [-0.05, 0) is 6.07 Å². The third-order valence-corrected chi connectivity index (χ3v) is 8.35. The Labute approximate surface area is 178 Å². The Kier molecular flexibility index (Phi) is 6.19. The summed E-state index contributed by atoms with van der Waals surface area (Å²) in [6.45, 7) is 2.82. The van der Waals surface area contributed by atoms with Gasteiger partial charge < -0.3 is 9.64 Å². The lowest BCUT2D eigenvalue weighted by Gasteiger charge is -2.37. The molecule has 3 heterocycles. The van der Waals surface area contributed by atoms with Crippen LogP contribution in [0.2, 0.25) is 5.02 Å². The van der Waals surface area contributed by atoms with E-state index in [4.69, 9.17) is 16.3 Å². The summed E-state index contributed by atoms with van der Waals surface area (Å²) in [5.74, 6) is -0.135. The van der Waals surface area contributed by atoms with Crippen LogP contribution in [0.25, 0.3) is 10.6 Å². The van der Waals surface area contributed by atoms with Crippen molar-refractivity contribution in [2.75, 3.05) is 52.5 Å². The molecule has 2 aromatic rings. The van der Waals surface area contributed by atoms with Crippen LogP contribution < -0.4 is 0 Å². The van der Waals surface area contributed by atoms with Gasteiger partial charge >= 0.3 is 0 Å². The van der Waals surface area contributed by atoms with Gasteiger partial charge in [-0.3, -0.25) is 4.79 Å². The molecule has 1 amide bonds. The first-order chi connectivity index (χ1) is 14.0. The normalized spacial score (nSPS) is 19.4. The maximum Gasteiger partial charge on any atom is 0.282 e. The van der Waals surface area contributed by atoms with Crippen LogP contribution in [0, 0.1) is 0 Å². The summed E-state index contributed by atoms with van der Waals surface area (Å²) in [5.41, 5.74) is 0.791. The molecular weight excluding hydrogens is 436 g/mol. The molecule has 29 heavy (non-hydrogen) atoms. The molecule has 8 nitrogen and oxygen atoms in total. The van der Waals surface area contributed by atoms with Gasteiger partial charge in [0.25, 0.3) is 16.1 Å². The topological polar surface area (TPSA) is 83.1 Å². The van der Waals surface area contributed by atoms with E-state index < -0.39 is 10.2 Å². The van der Waals surface area contributed by atoms with Gasteiger partial charge in [0, 0.05) is 44.8 Å². The second kappa shape index (κ2) is 8.66. The van der Waals surface area contributed by atoms with Gasteiger partial charge in [0.15, 0.2) is 0 Å². The maximum atomic E-state index is 12.9. The first-order valence-electron chi connectivity index (χ1n) is 9.30. The zero-order valence-corrected chi connectivity index (χ0v) is 18.0. The summed E-state index contributed by atoms with van der Waals surface area (Å²) in [6, 6.07) is 7.37. The second-order valence-electron chi connectivity index (χ2n) is 6.72. The predicted molar refractivity (Wildman–Crippen MR) is 111 cm³/mol. The highest BCUT2D eigenvalue weighted by molar-refractivity contribution is 7.86. The second-order valence-corrected chi connectivity index (χ2v) is 10.1. The molecule has 1 aromatic heterocycles. The minimum Gasteiger partial charge on any atom is -0.379 e. The lowest BCUT2D eigenvalue weighted by atomic mass is 10.2. The molecule has 0 aliphatic carbocycles. The highest BCUT2D eigenvalue weighted by Gasteiger charge is 2.34. The summed E-state index contributed by atoms with van der Waals surface area (Å²) < 4.78 is 33.6. The highest BCUT2D eigenvalue weighted by Crippen LogP contribution is 2.31. The number of nitrogens with zero attached hydrogens (tertiary/aromatic N) is 4. The van der Waals surface area contributed by atoms with E-state index in [0.717, 1.165) is 5.56 Å². The molecular formula is C18H21ClN4O4S2. The molecule has 1 aromatic carbocycles. The molecule has 0 N–H and O–H groups in total. The number of halogens is 1. The van der Waals surface area contributed by atoms with Crippen molar-refractivity contribution in [2.45, 2.75) is 0 Å². The molecule has 2 aliphatic heterocycles. The number of amides is 1. The van der Waals surface area contributed by atoms with Gasteiger partial charge in [0.1, 0.15) is 9.88 Å². The fraction of sp³-hybridized carbons (Fsp3) is 0.444. The number of carbonyl (C=O) groups is 1. The first kappa shape index (κ1) is 20.7. The van der Waals surface area contributed by atoms with Crippen LogP contribution in [-0.2, 0) is 14.9 Å². The summed E-state index contributed by atoms with van der Waals surface area (Å²) in [7, 11) is -3.51. The van der Waals surface area contributed by atoms with Crippen molar-refractivity contribution >= 4 is 39.1 Å². The number of ether oxygens (including phenoxy) is 1. The Bertz CT molecular complexity index is 983. The van der Waals surface area contributed by atoms with Crippen molar-refractivity contribution in [3.63, 3.8) is 0 Å². The molecule has 0 atom stereocenters. The molecule has 4 rings (SSSR count). The number of benzene rings is 1. The maximum absolute atomic E-state index is 12.9. The standard InChI is InChI=1S/C18H21ClN4O4S2/c19-15-4-2-1-3-14(15)17-20-13-16(28-17)18(24)21-5-7-22(8-6-21)29(25,26)23-9-11-27-12-10-23/h1-4,13H,5-12H2. The number of hydrogen-bond acceptors (Lipinski definition) is 6. The Balaban J connectivity index is 1.40. The fourth-order valence-corrected chi connectivity index (χ4v) is 6.12. The highest BCUT2D eigenvalue weighted by atomic mass is 35.5. The Morgan fingerprint density at radius 1 is 1.03 bits per heavy atom. The monoisotopic (exact) mass is 456 g/mol. The quantitative estimate of drug-likeness (QED) is 0.700. The number of hydrogen-bond donors (Lipinski definition) is 0. The third-order valence-electron chi connectivity index (χ3n) is 4.97. The number of thiazole rings is 1. The van der Waals surface area contributed by atoms with Crippen molar-refractivity contribution in [1.82, 2.24) is 18.5 Å². The largest absolute Gasteiger partial charge is 0.379 e. The number of morpholine rings is 1. The summed E-state index contributed by atoms with van der Waals surface area (Å²) in [6.07, 6.45) is 1.56. The van der Waals surface area contributed by atoms with Crippen LogP contribution in [0.1, 0.15) is 9.67 Å². The molecule has 0 unspecified atom stereocenters. The van der Waals surface area contributed by atoms with Gasteiger partial charge in [-0.1, -0.05) is 29.8 Å². The molecule has 0 saturated carbocycles. The molecule has 0 radical (unpaired) electrons. The van der Waals surface area contributed by atoms with E-state index in [9.17, 15) is 13.2 Å². The van der Waals surface area contributed by atoms with E-state index in [2.05, 4.69) is 4.98 Å². The van der Waals surface area contributed by atoms with Crippen LogP contribution in [0.4, 0.5) is 0 Å².